The van der Waals surface area contributed by atoms with Gasteiger partial charge in [0, 0.05) is 0 Å². The number of hydrogen-bond acceptors (Lipinski definition) is 0. The largest absolute Gasteiger partial charge is 0.0670 e. The van der Waals surface area contributed by atoms with Gasteiger partial charge in [0.25, 0.3) is 0 Å². The third-order valence-electron chi connectivity index (χ3n) is 2.94. The first-order valence-electron chi connectivity index (χ1n) is 6.93. The van der Waals surface area contributed by atoms with Crippen molar-refractivity contribution in [2.75, 3.05) is 0 Å². The van der Waals surface area contributed by atoms with Crippen LogP contribution in [-0.2, 0) is 0 Å². The van der Waals surface area contributed by atoms with E-state index >= 15 is 0 Å². The molecule has 89 valence electrons. The second kappa shape index (κ2) is 11.8. The highest BCUT2D eigenvalue weighted by Crippen LogP contribution is 2.14. The lowest BCUT2D eigenvalue weighted by molar-refractivity contribution is 0.585. The monoisotopic (exact) mass is 209 g/mol. The van der Waals surface area contributed by atoms with Gasteiger partial charge in [0.2, 0.25) is 0 Å². The maximum atomic E-state index is 3.46. The van der Waals surface area contributed by atoms with Crippen molar-refractivity contribution in [3.8, 4) is 0 Å². The molecule has 0 aromatic heterocycles. The summed E-state index contributed by atoms with van der Waals surface area (Å²) < 4.78 is 0. The normalized spacial score (nSPS) is 12.1. The van der Waals surface area contributed by atoms with Gasteiger partial charge in [-0.3, -0.25) is 0 Å². The van der Waals surface area contributed by atoms with Gasteiger partial charge in [-0.25, -0.2) is 0 Å². The molecule has 1 radical (unpaired) electrons. The van der Waals surface area contributed by atoms with Crippen molar-refractivity contribution in [1.29, 1.82) is 0 Å². The molecule has 0 saturated carbocycles. The summed E-state index contributed by atoms with van der Waals surface area (Å²) in [6, 6.07) is 0. The summed E-state index contributed by atoms with van der Waals surface area (Å²) in [4.78, 5) is 0. The van der Waals surface area contributed by atoms with E-state index in [4.69, 9.17) is 0 Å². The number of hydrogen-bond donors (Lipinski definition) is 0. The van der Waals surface area contributed by atoms with Crippen molar-refractivity contribution in [1.82, 2.24) is 0 Å². The van der Waals surface area contributed by atoms with E-state index in [1.165, 1.54) is 57.8 Å². The lowest BCUT2D eigenvalue weighted by atomic mass is 10.0. The SMILES string of the molecule is CC/[C]=C(/CC)CCCCCCCCC. The Morgan fingerprint density at radius 2 is 1.40 bits per heavy atom. The van der Waals surface area contributed by atoms with Crippen LogP contribution in [0.25, 0.3) is 0 Å². The molecule has 0 saturated heterocycles. The van der Waals surface area contributed by atoms with Crippen LogP contribution in [0.4, 0.5) is 0 Å². The molecule has 0 aromatic carbocycles. The molecular weight excluding hydrogens is 180 g/mol. The molecule has 0 aliphatic carbocycles. The molecular formula is C15H29. The summed E-state index contributed by atoms with van der Waals surface area (Å²) in [5.74, 6) is 0. The van der Waals surface area contributed by atoms with Crippen LogP contribution in [0.15, 0.2) is 5.57 Å². The molecule has 0 heteroatoms. The molecule has 0 N–H and O–H groups in total. The van der Waals surface area contributed by atoms with E-state index in [-0.39, 0.29) is 0 Å². The number of allylic oxidation sites excluding steroid dienone is 2. The van der Waals surface area contributed by atoms with Crippen LogP contribution in [0.3, 0.4) is 0 Å². The van der Waals surface area contributed by atoms with Gasteiger partial charge in [-0.1, -0.05) is 64.9 Å². The van der Waals surface area contributed by atoms with Gasteiger partial charge in [0.15, 0.2) is 0 Å². The summed E-state index contributed by atoms with van der Waals surface area (Å²) >= 11 is 0. The smallest absolute Gasteiger partial charge is 0.0305 e. The van der Waals surface area contributed by atoms with Crippen molar-refractivity contribution < 1.29 is 0 Å². The molecule has 0 amide bonds. The van der Waals surface area contributed by atoms with Gasteiger partial charge < -0.3 is 0 Å². The third kappa shape index (κ3) is 10.0. The van der Waals surface area contributed by atoms with Crippen LogP contribution in [-0.4, -0.2) is 0 Å². The third-order valence-corrected chi connectivity index (χ3v) is 2.94. The van der Waals surface area contributed by atoms with Gasteiger partial charge in [0.05, 0.1) is 0 Å². The molecule has 0 atom stereocenters. The summed E-state index contributed by atoms with van der Waals surface area (Å²) in [6.07, 6.45) is 16.9. The Morgan fingerprint density at radius 3 is 1.93 bits per heavy atom. The summed E-state index contributed by atoms with van der Waals surface area (Å²) in [7, 11) is 0. The lowest BCUT2D eigenvalue weighted by Crippen LogP contribution is -1.84. The maximum absolute atomic E-state index is 3.46. The predicted octanol–water partition coefficient (Wildman–Crippen LogP) is 5.68. The van der Waals surface area contributed by atoms with E-state index in [9.17, 15) is 0 Å². The van der Waals surface area contributed by atoms with Crippen molar-refractivity contribution in [2.45, 2.75) is 85.0 Å². The van der Waals surface area contributed by atoms with E-state index in [1.807, 2.05) is 0 Å². The predicted molar refractivity (Wildman–Crippen MR) is 69.9 cm³/mol. The van der Waals surface area contributed by atoms with E-state index in [0.29, 0.717) is 0 Å². The zero-order valence-corrected chi connectivity index (χ0v) is 11.1. The Morgan fingerprint density at radius 1 is 0.800 bits per heavy atom. The van der Waals surface area contributed by atoms with Crippen LogP contribution < -0.4 is 0 Å². The Hall–Kier alpha value is -0.260. The summed E-state index contributed by atoms with van der Waals surface area (Å²) in [6.45, 7) is 6.71. The zero-order chi connectivity index (χ0) is 11.4. The molecule has 0 nitrogen and oxygen atoms in total. The summed E-state index contributed by atoms with van der Waals surface area (Å²) in [5, 5.41) is 0. The van der Waals surface area contributed by atoms with Crippen molar-refractivity contribution in [2.24, 2.45) is 0 Å². The first-order chi connectivity index (χ1) is 7.35. The zero-order valence-electron chi connectivity index (χ0n) is 11.1. The molecule has 0 bridgehead atoms. The highest BCUT2D eigenvalue weighted by Gasteiger charge is 1.95. The lowest BCUT2D eigenvalue weighted by Gasteiger charge is -2.04. The van der Waals surface area contributed by atoms with E-state index in [0.717, 1.165) is 6.42 Å². The highest BCUT2D eigenvalue weighted by atomic mass is 14.0. The molecule has 0 rings (SSSR count). The molecule has 15 heavy (non-hydrogen) atoms. The van der Waals surface area contributed by atoms with Gasteiger partial charge >= 0.3 is 0 Å². The van der Waals surface area contributed by atoms with Gasteiger partial charge in [-0.15, -0.1) is 0 Å². The van der Waals surface area contributed by atoms with E-state index in [2.05, 4.69) is 26.8 Å². The second-order valence-electron chi connectivity index (χ2n) is 4.36. The first-order valence-corrected chi connectivity index (χ1v) is 6.93. The first kappa shape index (κ1) is 14.7. The minimum absolute atomic E-state index is 1.08. The minimum Gasteiger partial charge on any atom is -0.0670 e. The van der Waals surface area contributed by atoms with Gasteiger partial charge in [-0.2, -0.15) is 0 Å². The Balaban J connectivity index is 3.25. The molecule has 0 heterocycles. The Labute approximate surface area is 97.2 Å². The van der Waals surface area contributed by atoms with Crippen LogP contribution >= 0.6 is 0 Å². The van der Waals surface area contributed by atoms with Crippen LogP contribution in [0.1, 0.15) is 85.0 Å². The van der Waals surface area contributed by atoms with Crippen molar-refractivity contribution in [3.63, 3.8) is 0 Å². The minimum atomic E-state index is 1.08. The van der Waals surface area contributed by atoms with Crippen molar-refractivity contribution in [3.05, 3.63) is 11.6 Å². The topological polar surface area (TPSA) is 0 Å². The maximum Gasteiger partial charge on any atom is -0.0305 e. The molecule has 0 aliphatic rings. The highest BCUT2D eigenvalue weighted by molar-refractivity contribution is 4.95. The Bertz CT molecular complexity index is 144. The standard InChI is InChI=1S/C15H29/c1-4-7-8-9-10-11-12-14-15(6-3)13-5-2/h4-12,14H2,1-3H3. The fourth-order valence-electron chi connectivity index (χ4n) is 1.94. The molecule has 0 aliphatic heterocycles. The average molecular weight is 209 g/mol. The number of unbranched alkanes of at least 4 members (excludes halogenated alkanes) is 6. The molecule has 0 spiro atoms. The quantitative estimate of drug-likeness (QED) is 0.406. The van der Waals surface area contributed by atoms with Gasteiger partial charge in [-0.05, 0) is 31.8 Å². The fourth-order valence-corrected chi connectivity index (χ4v) is 1.94. The molecule has 0 fully saturated rings. The second-order valence-corrected chi connectivity index (χ2v) is 4.36. The van der Waals surface area contributed by atoms with Crippen molar-refractivity contribution >= 4 is 0 Å². The van der Waals surface area contributed by atoms with E-state index in [1.54, 1.807) is 5.57 Å². The average Bonchev–Trinajstić information content (AvgIpc) is 2.26. The van der Waals surface area contributed by atoms with Crippen LogP contribution in [0.5, 0.6) is 0 Å². The molecule has 0 unspecified atom stereocenters. The molecule has 0 aromatic rings. The number of rotatable bonds is 10. The van der Waals surface area contributed by atoms with Crippen LogP contribution in [0, 0.1) is 6.08 Å². The van der Waals surface area contributed by atoms with Crippen LogP contribution in [0.2, 0.25) is 0 Å². The van der Waals surface area contributed by atoms with E-state index < -0.39 is 0 Å². The summed E-state index contributed by atoms with van der Waals surface area (Å²) in [5.41, 5.74) is 1.55. The fraction of sp³-hybridized carbons (Fsp3) is 0.867. The van der Waals surface area contributed by atoms with Gasteiger partial charge in [0.1, 0.15) is 0 Å². The Kier molecular flexibility index (Phi) is 11.6.